The van der Waals surface area contributed by atoms with Crippen LogP contribution in [0.2, 0.25) is 0 Å². The highest BCUT2D eigenvalue weighted by Gasteiger charge is 2.25. The number of nitriles is 1. The zero-order valence-electron chi connectivity index (χ0n) is 16.4. The SMILES string of the molecule is CCCCNc1c(Cc2ccccc2)c(C)c(C#N)c2[nH]c3ccccc3[n+]12. The lowest BCUT2D eigenvalue weighted by Gasteiger charge is -2.14. The standard InChI is InChI=1S/C24H24N4/c1-3-4-14-26-23-19(15-18-10-6-5-7-11-18)17(2)20(16-25)24-27-21-12-8-9-13-22(21)28(23)24/h5-13H,3-4,14-15H2,1-2H3,(H,26,27)/p+1. The predicted molar refractivity (Wildman–Crippen MR) is 114 cm³/mol. The summed E-state index contributed by atoms with van der Waals surface area (Å²) in [5.41, 5.74) is 7.15. The number of aromatic amines is 1. The van der Waals surface area contributed by atoms with Crippen LogP contribution in [0.15, 0.2) is 54.6 Å². The Morgan fingerprint density at radius 3 is 2.57 bits per heavy atom. The van der Waals surface area contributed by atoms with Crippen LogP contribution in [-0.2, 0) is 6.42 Å². The van der Waals surface area contributed by atoms with Gasteiger partial charge in [-0.05, 0) is 36.6 Å². The van der Waals surface area contributed by atoms with E-state index in [4.69, 9.17) is 0 Å². The van der Waals surface area contributed by atoms with Gasteiger partial charge >= 0.3 is 0 Å². The second kappa shape index (κ2) is 7.74. The fourth-order valence-corrected chi connectivity index (χ4v) is 3.85. The molecule has 0 saturated carbocycles. The van der Waals surface area contributed by atoms with Gasteiger partial charge in [-0.3, -0.25) is 4.98 Å². The summed E-state index contributed by atoms with van der Waals surface area (Å²) in [7, 11) is 0. The molecule has 0 saturated heterocycles. The van der Waals surface area contributed by atoms with E-state index in [1.165, 1.54) is 11.1 Å². The lowest BCUT2D eigenvalue weighted by Crippen LogP contribution is -2.30. The summed E-state index contributed by atoms with van der Waals surface area (Å²) in [6.45, 7) is 5.17. The molecule has 0 aliphatic carbocycles. The molecule has 4 rings (SSSR count). The molecule has 0 aliphatic heterocycles. The number of imidazole rings is 1. The van der Waals surface area contributed by atoms with Crippen LogP contribution < -0.4 is 9.72 Å². The van der Waals surface area contributed by atoms with Crippen molar-refractivity contribution in [3.05, 3.63) is 76.9 Å². The molecular formula is C24H25N4+. The summed E-state index contributed by atoms with van der Waals surface area (Å²) >= 11 is 0. The Morgan fingerprint density at radius 2 is 1.82 bits per heavy atom. The van der Waals surface area contributed by atoms with Crippen molar-refractivity contribution in [2.45, 2.75) is 33.1 Å². The molecule has 4 aromatic rings. The van der Waals surface area contributed by atoms with Gasteiger partial charge in [-0.25, -0.2) is 0 Å². The fraction of sp³-hybridized carbons (Fsp3) is 0.250. The summed E-state index contributed by atoms with van der Waals surface area (Å²) in [6, 6.07) is 21.1. The first kappa shape index (κ1) is 18.1. The van der Waals surface area contributed by atoms with Crippen LogP contribution >= 0.6 is 0 Å². The van der Waals surface area contributed by atoms with Crippen LogP contribution in [0.3, 0.4) is 0 Å². The van der Waals surface area contributed by atoms with Gasteiger partial charge in [-0.15, -0.1) is 0 Å². The molecule has 0 unspecified atom stereocenters. The number of rotatable bonds is 6. The van der Waals surface area contributed by atoms with Crippen LogP contribution in [0.5, 0.6) is 0 Å². The van der Waals surface area contributed by atoms with Crippen molar-refractivity contribution >= 4 is 22.5 Å². The average Bonchev–Trinajstić information content (AvgIpc) is 3.10. The Labute approximate surface area is 165 Å². The first-order valence-electron chi connectivity index (χ1n) is 9.90. The Morgan fingerprint density at radius 1 is 1.07 bits per heavy atom. The zero-order valence-corrected chi connectivity index (χ0v) is 16.4. The zero-order chi connectivity index (χ0) is 19.5. The fourth-order valence-electron chi connectivity index (χ4n) is 3.85. The van der Waals surface area contributed by atoms with Gasteiger partial charge in [0.25, 0.3) is 0 Å². The van der Waals surface area contributed by atoms with Crippen molar-refractivity contribution in [3.8, 4) is 6.07 Å². The first-order chi connectivity index (χ1) is 13.7. The second-order valence-electron chi connectivity index (χ2n) is 7.21. The second-order valence-corrected chi connectivity index (χ2v) is 7.21. The van der Waals surface area contributed by atoms with Gasteiger partial charge in [0.2, 0.25) is 11.5 Å². The normalized spacial score (nSPS) is 11.0. The molecule has 28 heavy (non-hydrogen) atoms. The van der Waals surface area contributed by atoms with E-state index in [1.54, 1.807) is 0 Å². The van der Waals surface area contributed by atoms with Gasteiger partial charge in [0.05, 0.1) is 6.54 Å². The largest absolute Gasteiger partial charge is 0.305 e. The Kier molecular flexibility index (Phi) is 4.99. The number of pyridine rings is 1. The van der Waals surface area contributed by atoms with Crippen molar-refractivity contribution in [2.75, 3.05) is 11.9 Å². The number of nitrogens with one attached hydrogen (secondary N) is 2. The van der Waals surface area contributed by atoms with E-state index < -0.39 is 0 Å². The molecule has 2 heterocycles. The minimum absolute atomic E-state index is 0.711. The summed E-state index contributed by atoms with van der Waals surface area (Å²) in [4.78, 5) is 3.46. The van der Waals surface area contributed by atoms with E-state index in [-0.39, 0.29) is 0 Å². The molecule has 2 aromatic carbocycles. The van der Waals surface area contributed by atoms with Gasteiger partial charge in [-0.2, -0.15) is 9.66 Å². The number of hydrogen-bond donors (Lipinski definition) is 2. The topological polar surface area (TPSA) is 55.7 Å². The molecule has 4 nitrogen and oxygen atoms in total. The van der Waals surface area contributed by atoms with Crippen molar-refractivity contribution in [1.29, 1.82) is 5.26 Å². The minimum Gasteiger partial charge on any atom is -0.305 e. The first-order valence-corrected chi connectivity index (χ1v) is 9.90. The highest BCUT2D eigenvalue weighted by molar-refractivity contribution is 5.78. The Bertz CT molecular complexity index is 1170. The van der Waals surface area contributed by atoms with Crippen LogP contribution in [-0.4, -0.2) is 11.5 Å². The van der Waals surface area contributed by atoms with Crippen LogP contribution in [0.25, 0.3) is 16.7 Å². The molecular weight excluding hydrogens is 344 g/mol. The van der Waals surface area contributed by atoms with E-state index in [2.05, 4.69) is 71.0 Å². The van der Waals surface area contributed by atoms with E-state index in [9.17, 15) is 5.26 Å². The number of aromatic nitrogens is 2. The highest BCUT2D eigenvalue weighted by Crippen LogP contribution is 2.27. The third-order valence-corrected chi connectivity index (χ3v) is 5.35. The van der Waals surface area contributed by atoms with Gasteiger partial charge in [0.15, 0.2) is 0 Å². The molecule has 0 radical (unpaired) electrons. The maximum atomic E-state index is 9.93. The number of para-hydroxylation sites is 2. The molecule has 0 fully saturated rings. The molecule has 140 valence electrons. The molecule has 0 bridgehead atoms. The number of anilines is 1. The average molecular weight is 369 g/mol. The maximum Gasteiger partial charge on any atom is 0.250 e. The molecule has 0 atom stereocenters. The third-order valence-electron chi connectivity index (χ3n) is 5.35. The summed E-state index contributed by atoms with van der Waals surface area (Å²) in [6.07, 6.45) is 3.03. The summed E-state index contributed by atoms with van der Waals surface area (Å²) < 4.78 is 2.19. The predicted octanol–water partition coefficient (Wildman–Crippen LogP) is 4.89. The molecule has 2 aromatic heterocycles. The minimum atomic E-state index is 0.711. The van der Waals surface area contributed by atoms with Crippen LogP contribution in [0, 0.1) is 18.3 Å². The maximum absolute atomic E-state index is 9.93. The van der Waals surface area contributed by atoms with Gasteiger partial charge in [-0.1, -0.05) is 55.8 Å². The van der Waals surface area contributed by atoms with Crippen LogP contribution in [0.4, 0.5) is 5.82 Å². The molecule has 0 amide bonds. The van der Waals surface area contributed by atoms with E-state index in [0.29, 0.717) is 5.56 Å². The molecule has 2 N–H and O–H groups in total. The lowest BCUT2D eigenvalue weighted by atomic mass is 9.97. The van der Waals surface area contributed by atoms with Gasteiger partial charge in [0.1, 0.15) is 22.7 Å². The summed E-state index contributed by atoms with van der Waals surface area (Å²) in [5.74, 6) is 1.08. The number of H-pyrrole nitrogens is 1. The van der Waals surface area contributed by atoms with E-state index in [1.807, 2.05) is 18.2 Å². The van der Waals surface area contributed by atoms with E-state index >= 15 is 0 Å². The molecule has 4 heteroatoms. The number of fused-ring (bicyclic) bond motifs is 3. The number of benzene rings is 2. The smallest absolute Gasteiger partial charge is 0.250 e. The van der Waals surface area contributed by atoms with Crippen molar-refractivity contribution in [3.63, 3.8) is 0 Å². The number of nitrogens with zero attached hydrogens (tertiary/aromatic N) is 2. The molecule has 0 aliphatic rings. The Balaban J connectivity index is 2.02. The van der Waals surface area contributed by atoms with E-state index in [0.717, 1.165) is 53.9 Å². The lowest BCUT2D eigenvalue weighted by molar-refractivity contribution is -0.465. The van der Waals surface area contributed by atoms with Crippen molar-refractivity contribution in [2.24, 2.45) is 0 Å². The number of unbranched alkanes of at least 4 members (excludes halogenated alkanes) is 1. The number of hydrogen-bond acceptors (Lipinski definition) is 2. The highest BCUT2D eigenvalue weighted by atomic mass is 15.1. The van der Waals surface area contributed by atoms with Crippen molar-refractivity contribution in [1.82, 2.24) is 4.98 Å². The monoisotopic (exact) mass is 369 g/mol. The van der Waals surface area contributed by atoms with Gasteiger partial charge < -0.3 is 5.32 Å². The van der Waals surface area contributed by atoms with Crippen LogP contribution in [0.1, 0.15) is 42.0 Å². The van der Waals surface area contributed by atoms with Crippen molar-refractivity contribution < 1.29 is 4.40 Å². The summed E-state index contributed by atoms with van der Waals surface area (Å²) in [5, 5.41) is 13.6. The quantitative estimate of drug-likeness (QED) is 0.375. The van der Waals surface area contributed by atoms with Gasteiger partial charge in [0, 0.05) is 12.0 Å². The Hall–Kier alpha value is -3.32. The molecule has 0 spiro atoms. The third kappa shape index (κ3) is 3.10.